The van der Waals surface area contributed by atoms with E-state index in [-0.39, 0.29) is 7.05 Å². The SMILES string of the molecule is CN(Cl)S(=O)(=O)C(F)(F)C(F)(F)OC(F)(F)C(F)F. The Bertz CT molecular complexity index is 424. The molecule has 0 radical (unpaired) electrons. The van der Waals surface area contributed by atoms with Crippen molar-refractivity contribution in [3.8, 4) is 0 Å². The molecule has 0 fully saturated rings. The average Bonchev–Trinajstić information content (AvgIpc) is 2.14. The van der Waals surface area contributed by atoms with Crippen LogP contribution < -0.4 is 0 Å². The van der Waals surface area contributed by atoms with E-state index in [0.29, 0.717) is 0 Å². The third kappa shape index (κ3) is 3.38. The standard InChI is InChI=1S/C5H4ClF8NO3S/c1-15(6)19(16,17)5(13,14)4(11,12)18-3(9,10)2(7)8/h2H,1H3. The molecular weight excluding hydrogens is 342 g/mol. The predicted octanol–water partition coefficient (Wildman–Crippen LogP) is 2.46. The maximum atomic E-state index is 12.9. The third-order valence-electron chi connectivity index (χ3n) is 1.51. The Morgan fingerprint density at radius 2 is 1.47 bits per heavy atom. The minimum absolute atomic E-state index is 0.173. The van der Waals surface area contributed by atoms with Crippen LogP contribution in [-0.4, -0.2) is 43.2 Å². The third-order valence-corrected chi connectivity index (χ3v) is 3.61. The number of ether oxygens (including phenoxy) is 1. The molecular formula is C5H4ClF8NO3S. The molecule has 0 amide bonds. The molecule has 0 unspecified atom stereocenters. The highest BCUT2D eigenvalue weighted by Gasteiger charge is 2.72. The lowest BCUT2D eigenvalue weighted by atomic mass is 10.6. The maximum Gasteiger partial charge on any atom is 0.450 e. The van der Waals surface area contributed by atoms with Crippen LogP contribution in [0.1, 0.15) is 0 Å². The fourth-order valence-electron chi connectivity index (χ4n) is 0.583. The quantitative estimate of drug-likeness (QED) is 0.549. The molecule has 0 aromatic rings. The van der Waals surface area contributed by atoms with Crippen molar-refractivity contribution in [2.75, 3.05) is 7.05 Å². The summed E-state index contributed by atoms with van der Waals surface area (Å²) in [6.07, 6.45) is -17.3. The second-order valence-corrected chi connectivity index (χ2v) is 5.61. The van der Waals surface area contributed by atoms with Gasteiger partial charge in [0.15, 0.2) is 0 Å². The summed E-state index contributed by atoms with van der Waals surface area (Å²) in [5.41, 5.74) is 0. The molecule has 0 rings (SSSR count). The molecule has 0 atom stereocenters. The summed E-state index contributed by atoms with van der Waals surface area (Å²) in [5.74, 6) is 0. The second kappa shape index (κ2) is 5.18. The zero-order valence-corrected chi connectivity index (χ0v) is 10.1. The van der Waals surface area contributed by atoms with Gasteiger partial charge in [-0.15, -0.1) is 3.82 Å². The molecule has 0 aliphatic heterocycles. The Labute approximate surface area is 106 Å². The molecule has 116 valence electrons. The van der Waals surface area contributed by atoms with E-state index in [1.165, 1.54) is 0 Å². The van der Waals surface area contributed by atoms with Crippen molar-refractivity contribution in [2.45, 2.75) is 23.9 Å². The number of nitrogens with zero attached hydrogens (tertiary/aromatic N) is 1. The van der Waals surface area contributed by atoms with Gasteiger partial charge in [-0.05, 0) is 11.8 Å². The van der Waals surface area contributed by atoms with E-state index in [1.807, 2.05) is 4.74 Å². The normalized spacial score (nSPS) is 15.4. The van der Waals surface area contributed by atoms with Gasteiger partial charge in [-0.25, -0.2) is 21.9 Å². The number of hydrogen-bond acceptors (Lipinski definition) is 3. The Hall–Kier alpha value is -0.400. The highest BCUT2D eigenvalue weighted by atomic mass is 35.5. The Morgan fingerprint density at radius 3 is 1.74 bits per heavy atom. The van der Waals surface area contributed by atoms with Gasteiger partial charge in [0.2, 0.25) is 0 Å². The van der Waals surface area contributed by atoms with Crippen LogP contribution in [0.25, 0.3) is 0 Å². The highest BCUT2D eigenvalue weighted by molar-refractivity contribution is 7.91. The first-order valence-corrected chi connectivity index (χ1v) is 5.63. The van der Waals surface area contributed by atoms with Crippen molar-refractivity contribution in [3.63, 3.8) is 0 Å². The van der Waals surface area contributed by atoms with Crippen molar-refractivity contribution in [1.29, 1.82) is 0 Å². The van der Waals surface area contributed by atoms with E-state index in [1.54, 1.807) is 0 Å². The Morgan fingerprint density at radius 1 is 1.11 bits per heavy atom. The summed E-state index contributed by atoms with van der Waals surface area (Å²) >= 11 is 4.53. The van der Waals surface area contributed by atoms with E-state index >= 15 is 0 Å². The summed E-state index contributed by atoms with van der Waals surface area (Å²) in [7, 11) is -6.15. The van der Waals surface area contributed by atoms with E-state index in [2.05, 4.69) is 11.8 Å². The first-order chi connectivity index (χ1) is 8.09. The molecule has 0 N–H and O–H groups in total. The topological polar surface area (TPSA) is 46.6 Å². The smallest absolute Gasteiger partial charge is 0.245 e. The molecule has 0 heterocycles. The van der Waals surface area contributed by atoms with Gasteiger partial charge in [-0.2, -0.15) is 26.3 Å². The summed E-state index contributed by atoms with van der Waals surface area (Å²) in [4.78, 5) is 0. The number of halogens is 9. The zero-order chi connectivity index (χ0) is 15.9. The number of hydrogen-bond donors (Lipinski definition) is 0. The minimum atomic E-state index is -6.45. The van der Waals surface area contributed by atoms with E-state index in [9.17, 15) is 43.5 Å². The molecule has 0 aromatic carbocycles. The summed E-state index contributed by atoms with van der Waals surface area (Å²) < 4.78 is 121. The van der Waals surface area contributed by atoms with Gasteiger partial charge in [0.05, 0.1) is 0 Å². The van der Waals surface area contributed by atoms with Gasteiger partial charge in [-0.1, -0.05) is 0 Å². The van der Waals surface area contributed by atoms with E-state index in [4.69, 9.17) is 0 Å². The lowest BCUT2D eigenvalue weighted by Crippen LogP contribution is -2.55. The molecule has 14 heteroatoms. The van der Waals surface area contributed by atoms with Gasteiger partial charge in [0.25, 0.3) is 0 Å². The van der Waals surface area contributed by atoms with Crippen LogP contribution in [0.2, 0.25) is 0 Å². The number of alkyl halides is 8. The number of sulfonamides is 1. The molecule has 4 nitrogen and oxygen atoms in total. The van der Waals surface area contributed by atoms with Gasteiger partial charge in [-0.3, -0.25) is 0 Å². The monoisotopic (exact) mass is 345 g/mol. The van der Waals surface area contributed by atoms with Gasteiger partial charge in [0.1, 0.15) is 0 Å². The fourth-order valence-corrected chi connectivity index (χ4v) is 1.50. The van der Waals surface area contributed by atoms with Crippen molar-refractivity contribution in [3.05, 3.63) is 0 Å². The van der Waals surface area contributed by atoms with E-state index in [0.717, 1.165) is 0 Å². The predicted molar refractivity (Wildman–Crippen MR) is 44.5 cm³/mol. The Balaban J connectivity index is 5.55. The summed E-state index contributed by atoms with van der Waals surface area (Å²) in [6, 6.07) is 0. The molecule has 0 bridgehead atoms. The average molecular weight is 346 g/mol. The van der Waals surface area contributed by atoms with Crippen LogP contribution in [0.3, 0.4) is 0 Å². The van der Waals surface area contributed by atoms with Gasteiger partial charge < -0.3 is 0 Å². The van der Waals surface area contributed by atoms with Crippen molar-refractivity contribution < 1.29 is 48.3 Å². The molecule has 0 saturated heterocycles. The van der Waals surface area contributed by atoms with Crippen LogP contribution in [0.4, 0.5) is 35.1 Å². The van der Waals surface area contributed by atoms with Crippen molar-refractivity contribution in [1.82, 2.24) is 3.82 Å². The highest BCUT2D eigenvalue weighted by Crippen LogP contribution is 2.45. The van der Waals surface area contributed by atoms with E-state index < -0.39 is 37.7 Å². The lowest BCUT2D eigenvalue weighted by Gasteiger charge is -2.29. The fraction of sp³-hybridized carbons (Fsp3) is 1.00. The van der Waals surface area contributed by atoms with Crippen LogP contribution in [0.5, 0.6) is 0 Å². The van der Waals surface area contributed by atoms with Crippen molar-refractivity contribution >= 4 is 21.8 Å². The first kappa shape index (κ1) is 18.6. The number of rotatable bonds is 6. The maximum absolute atomic E-state index is 12.9. The van der Waals surface area contributed by atoms with Gasteiger partial charge >= 0.3 is 33.9 Å². The summed E-state index contributed by atoms with van der Waals surface area (Å²) in [5, 5.41) is -6.30. The summed E-state index contributed by atoms with van der Waals surface area (Å²) in [6.45, 7) is 0. The first-order valence-electron chi connectivity index (χ1n) is 3.85. The van der Waals surface area contributed by atoms with Crippen LogP contribution in [0, 0.1) is 0 Å². The molecule has 0 aliphatic carbocycles. The zero-order valence-electron chi connectivity index (χ0n) is 8.56. The largest absolute Gasteiger partial charge is 0.450 e. The Kier molecular flexibility index (Phi) is 5.07. The van der Waals surface area contributed by atoms with Crippen LogP contribution in [-0.2, 0) is 14.8 Å². The second-order valence-electron chi connectivity index (χ2n) is 2.89. The van der Waals surface area contributed by atoms with Crippen LogP contribution >= 0.6 is 11.8 Å². The molecule has 0 saturated carbocycles. The molecule has 19 heavy (non-hydrogen) atoms. The lowest BCUT2D eigenvalue weighted by molar-refractivity contribution is -0.435. The molecule has 0 spiro atoms. The minimum Gasteiger partial charge on any atom is -0.245 e. The molecule has 0 aliphatic rings. The van der Waals surface area contributed by atoms with Crippen LogP contribution in [0.15, 0.2) is 0 Å². The molecule has 0 aromatic heterocycles. The van der Waals surface area contributed by atoms with Crippen molar-refractivity contribution in [2.24, 2.45) is 0 Å². The van der Waals surface area contributed by atoms with Gasteiger partial charge in [0, 0.05) is 7.05 Å².